The lowest BCUT2D eigenvalue weighted by Gasteiger charge is -2.31. The summed E-state index contributed by atoms with van der Waals surface area (Å²) in [5, 5.41) is 12.7. The van der Waals surface area contributed by atoms with E-state index in [9.17, 15) is 9.59 Å². The Labute approximate surface area is 193 Å². The van der Waals surface area contributed by atoms with Gasteiger partial charge >= 0.3 is 0 Å². The van der Waals surface area contributed by atoms with Gasteiger partial charge in [-0.2, -0.15) is 5.26 Å². The summed E-state index contributed by atoms with van der Waals surface area (Å²) in [5.74, 6) is 0.0955. The number of halogens is 1. The molecule has 0 spiro atoms. The van der Waals surface area contributed by atoms with Crippen molar-refractivity contribution in [3.8, 4) is 6.07 Å². The average molecular weight is 451 g/mol. The lowest BCUT2D eigenvalue weighted by molar-refractivity contribution is -0.111. The van der Waals surface area contributed by atoms with Crippen molar-refractivity contribution in [3.05, 3.63) is 58.6 Å². The Balaban J connectivity index is 1.35. The van der Waals surface area contributed by atoms with E-state index in [0.717, 1.165) is 50.0 Å². The number of benzene rings is 2. The Morgan fingerprint density at radius 3 is 2.47 bits per heavy atom. The molecule has 1 N–H and O–H groups in total. The minimum absolute atomic E-state index is 0.0361. The molecule has 6 nitrogen and oxygen atoms in total. The first-order valence-corrected chi connectivity index (χ1v) is 11.4. The van der Waals surface area contributed by atoms with E-state index in [1.807, 2.05) is 36.4 Å². The molecular formula is C25H27ClN4O2. The number of amides is 1. The van der Waals surface area contributed by atoms with Gasteiger partial charge in [-0.1, -0.05) is 11.6 Å². The van der Waals surface area contributed by atoms with Gasteiger partial charge in [-0.25, -0.2) is 0 Å². The maximum Gasteiger partial charge on any atom is 0.251 e. The second-order valence-electron chi connectivity index (χ2n) is 8.69. The highest BCUT2D eigenvalue weighted by Gasteiger charge is 2.30. The quantitative estimate of drug-likeness (QED) is 0.696. The molecule has 2 unspecified atom stereocenters. The Morgan fingerprint density at radius 2 is 1.84 bits per heavy atom. The molecule has 2 saturated heterocycles. The molecule has 2 aromatic carbocycles. The molecule has 4 rings (SSSR count). The van der Waals surface area contributed by atoms with Crippen molar-refractivity contribution >= 4 is 35.2 Å². The van der Waals surface area contributed by atoms with Crippen LogP contribution < -0.4 is 15.1 Å². The standard InChI is InChI=1S/C25H27ClN4O2/c1-17-12-21(15-30(17)23-7-4-20(14-27)24(26)13-23)28-25(32)19-2-5-22(6-3-19)29-10-8-18(16-31)9-11-29/h2-7,13,16-18,21H,8-12,15H2,1H3,(H,28,32). The minimum Gasteiger partial charge on any atom is -0.371 e. The first-order valence-electron chi connectivity index (χ1n) is 11.1. The van der Waals surface area contributed by atoms with Crippen LogP contribution in [0.4, 0.5) is 11.4 Å². The van der Waals surface area contributed by atoms with Crippen molar-refractivity contribution in [1.82, 2.24) is 5.32 Å². The van der Waals surface area contributed by atoms with Crippen molar-refractivity contribution < 1.29 is 9.59 Å². The summed E-state index contributed by atoms with van der Waals surface area (Å²) in [6, 6.07) is 15.5. The van der Waals surface area contributed by atoms with Crippen LogP contribution in [0.1, 0.15) is 42.1 Å². The Kier molecular flexibility index (Phi) is 6.66. The Hall–Kier alpha value is -3.04. The first kappa shape index (κ1) is 22.2. The predicted molar refractivity (Wildman–Crippen MR) is 126 cm³/mol. The van der Waals surface area contributed by atoms with Crippen LogP contribution in [-0.4, -0.2) is 43.9 Å². The Morgan fingerprint density at radius 1 is 1.16 bits per heavy atom. The fourth-order valence-electron chi connectivity index (χ4n) is 4.65. The number of carbonyl (C=O) groups is 2. The summed E-state index contributed by atoms with van der Waals surface area (Å²) in [6.07, 6.45) is 3.66. The van der Waals surface area contributed by atoms with Crippen molar-refractivity contribution in [1.29, 1.82) is 5.26 Å². The molecule has 2 heterocycles. The van der Waals surface area contributed by atoms with Crippen LogP contribution >= 0.6 is 11.6 Å². The van der Waals surface area contributed by atoms with Crippen LogP contribution in [0.15, 0.2) is 42.5 Å². The minimum atomic E-state index is -0.0758. The number of nitriles is 1. The monoisotopic (exact) mass is 450 g/mol. The molecule has 2 aromatic rings. The van der Waals surface area contributed by atoms with Gasteiger partial charge in [0.05, 0.1) is 10.6 Å². The third-order valence-electron chi connectivity index (χ3n) is 6.54. The number of anilines is 2. The van der Waals surface area contributed by atoms with E-state index >= 15 is 0 Å². The zero-order chi connectivity index (χ0) is 22.7. The second kappa shape index (κ2) is 9.62. The van der Waals surface area contributed by atoms with Crippen LogP contribution in [0.5, 0.6) is 0 Å². The fraction of sp³-hybridized carbons (Fsp3) is 0.400. The highest BCUT2D eigenvalue weighted by atomic mass is 35.5. The predicted octanol–water partition coefficient (Wildman–Crippen LogP) is 4.02. The zero-order valence-electron chi connectivity index (χ0n) is 18.1. The highest BCUT2D eigenvalue weighted by Crippen LogP contribution is 2.29. The Bertz CT molecular complexity index is 1030. The molecule has 0 radical (unpaired) electrons. The number of piperidine rings is 1. The average Bonchev–Trinajstić information content (AvgIpc) is 3.19. The van der Waals surface area contributed by atoms with E-state index in [1.165, 1.54) is 0 Å². The maximum atomic E-state index is 12.8. The smallest absolute Gasteiger partial charge is 0.251 e. The molecule has 2 aliphatic heterocycles. The van der Waals surface area contributed by atoms with E-state index in [4.69, 9.17) is 16.9 Å². The van der Waals surface area contributed by atoms with E-state index in [-0.39, 0.29) is 23.9 Å². The highest BCUT2D eigenvalue weighted by molar-refractivity contribution is 6.32. The number of hydrogen-bond donors (Lipinski definition) is 1. The van der Waals surface area contributed by atoms with Gasteiger partial charge in [-0.15, -0.1) is 0 Å². The number of nitrogens with one attached hydrogen (secondary N) is 1. The fourth-order valence-corrected chi connectivity index (χ4v) is 4.87. The van der Waals surface area contributed by atoms with Gasteiger partial charge in [-0.05, 0) is 68.7 Å². The first-order chi connectivity index (χ1) is 15.5. The van der Waals surface area contributed by atoms with E-state index in [1.54, 1.807) is 6.07 Å². The molecule has 166 valence electrons. The number of carbonyl (C=O) groups excluding carboxylic acids is 2. The number of aldehydes is 1. The van der Waals surface area contributed by atoms with Crippen molar-refractivity contribution in [2.45, 2.75) is 38.3 Å². The number of nitrogens with zero attached hydrogens (tertiary/aromatic N) is 3. The molecule has 32 heavy (non-hydrogen) atoms. The van der Waals surface area contributed by atoms with Crippen LogP contribution in [0.25, 0.3) is 0 Å². The third kappa shape index (κ3) is 4.73. The summed E-state index contributed by atoms with van der Waals surface area (Å²) >= 11 is 6.20. The van der Waals surface area contributed by atoms with Gasteiger partial charge in [0.2, 0.25) is 0 Å². The molecule has 0 aromatic heterocycles. The summed E-state index contributed by atoms with van der Waals surface area (Å²) in [6.45, 7) is 4.55. The summed E-state index contributed by atoms with van der Waals surface area (Å²) in [5.41, 5.74) is 3.15. The normalized spacial score (nSPS) is 21.3. The van der Waals surface area contributed by atoms with Crippen LogP contribution in [0.3, 0.4) is 0 Å². The van der Waals surface area contributed by atoms with Gasteiger partial charge in [0, 0.05) is 54.6 Å². The molecule has 0 aliphatic carbocycles. The SMILES string of the molecule is CC1CC(NC(=O)c2ccc(N3CCC(C=O)CC3)cc2)CN1c1ccc(C#N)c(Cl)c1. The largest absolute Gasteiger partial charge is 0.371 e. The molecule has 7 heteroatoms. The lowest BCUT2D eigenvalue weighted by Crippen LogP contribution is -2.37. The lowest BCUT2D eigenvalue weighted by atomic mass is 9.98. The van der Waals surface area contributed by atoms with Gasteiger partial charge in [-0.3, -0.25) is 4.79 Å². The topological polar surface area (TPSA) is 76.4 Å². The van der Waals surface area contributed by atoms with Gasteiger partial charge in [0.25, 0.3) is 5.91 Å². The van der Waals surface area contributed by atoms with E-state index < -0.39 is 0 Å². The summed E-state index contributed by atoms with van der Waals surface area (Å²) in [7, 11) is 0. The van der Waals surface area contributed by atoms with Crippen molar-refractivity contribution in [2.75, 3.05) is 29.4 Å². The van der Waals surface area contributed by atoms with Gasteiger partial charge in [0.15, 0.2) is 0 Å². The molecule has 2 fully saturated rings. The third-order valence-corrected chi connectivity index (χ3v) is 6.85. The van der Waals surface area contributed by atoms with Crippen molar-refractivity contribution in [2.24, 2.45) is 5.92 Å². The second-order valence-corrected chi connectivity index (χ2v) is 9.10. The van der Waals surface area contributed by atoms with E-state index in [2.05, 4.69) is 28.1 Å². The summed E-state index contributed by atoms with van der Waals surface area (Å²) < 4.78 is 0. The number of rotatable bonds is 5. The summed E-state index contributed by atoms with van der Waals surface area (Å²) in [4.78, 5) is 28.2. The molecule has 0 bridgehead atoms. The molecule has 2 aliphatic rings. The number of hydrogen-bond acceptors (Lipinski definition) is 5. The molecule has 2 atom stereocenters. The van der Waals surface area contributed by atoms with E-state index in [0.29, 0.717) is 22.7 Å². The zero-order valence-corrected chi connectivity index (χ0v) is 18.9. The van der Waals surface area contributed by atoms with Gasteiger partial charge < -0.3 is 19.9 Å². The van der Waals surface area contributed by atoms with Crippen LogP contribution in [0.2, 0.25) is 5.02 Å². The van der Waals surface area contributed by atoms with Crippen molar-refractivity contribution in [3.63, 3.8) is 0 Å². The maximum absolute atomic E-state index is 12.8. The molecule has 0 saturated carbocycles. The molecule has 1 amide bonds. The van der Waals surface area contributed by atoms with Crippen LogP contribution in [-0.2, 0) is 4.79 Å². The van der Waals surface area contributed by atoms with Gasteiger partial charge in [0.1, 0.15) is 12.4 Å². The molecular weight excluding hydrogens is 424 g/mol. The van der Waals surface area contributed by atoms with Crippen LogP contribution in [0, 0.1) is 17.2 Å².